The molecule has 0 fully saturated rings. The van der Waals surface area contributed by atoms with Crippen LogP contribution in [0.3, 0.4) is 0 Å². The van der Waals surface area contributed by atoms with Crippen LogP contribution in [0.2, 0.25) is 0 Å². The molecule has 0 atom stereocenters. The smallest absolute Gasteiger partial charge is 0.303 e. The third kappa shape index (κ3) is 6.25. The van der Waals surface area contributed by atoms with Crippen LogP contribution in [-0.2, 0) is 11.2 Å². The van der Waals surface area contributed by atoms with Crippen molar-refractivity contribution in [3.8, 4) is 5.75 Å². The third-order valence-corrected chi connectivity index (χ3v) is 2.87. The Balaban J connectivity index is 2.26. The molecule has 0 radical (unpaired) electrons. The van der Waals surface area contributed by atoms with Gasteiger partial charge in [0.15, 0.2) is 0 Å². The van der Waals surface area contributed by atoms with E-state index in [1.54, 1.807) is 0 Å². The van der Waals surface area contributed by atoms with Gasteiger partial charge in [-0.2, -0.15) is 0 Å². The molecule has 1 rings (SSSR count). The number of ether oxygens (including phenoxy) is 1. The Morgan fingerprint density at radius 2 is 2.16 bits per heavy atom. The van der Waals surface area contributed by atoms with E-state index in [1.165, 1.54) is 5.56 Å². The van der Waals surface area contributed by atoms with Crippen molar-refractivity contribution in [2.24, 2.45) is 0 Å². The van der Waals surface area contributed by atoms with Gasteiger partial charge in [-0.15, -0.1) is 0 Å². The third-order valence-electron chi connectivity index (χ3n) is 2.87. The number of aryl methyl sites for hydroxylation is 1. The fourth-order valence-corrected chi connectivity index (χ4v) is 1.91. The van der Waals surface area contributed by atoms with Crippen LogP contribution in [0.5, 0.6) is 5.75 Å². The first-order valence-electron chi connectivity index (χ1n) is 6.78. The van der Waals surface area contributed by atoms with E-state index in [-0.39, 0.29) is 6.42 Å². The van der Waals surface area contributed by atoms with Crippen molar-refractivity contribution in [3.05, 3.63) is 29.3 Å². The van der Waals surface area contributed by atoms with Gasteiger partial charge in [0.05, 0.1) is 6.61 Å². The second kappa shape index (κ2) is 8.53. The molecule has 19 heavy (non-hydrogen) atoms. The summed E-state index contributed by atoms with van der Waals surface area (Å²) in [4.78, 5) is 10.3. The van der Waals surface area contributed by atoms with Crippen molar-refractivity contribution >= 4 is 5.97 Å². The summed E-state index contributed by atoms with van der Waals surface area (Å²) in [5.41, 5.74) is 2.43. The fraction of sp³-hybridized carbons (Fsp3) is 0.533. The lowest BCUT2D eigenvalue weighted by atomic mass is 10.1. The van der Waals surface area contributed by atoms with Crippen LogP contribution in [0.25, 0.3) is 0 Å². The minimum absolute atomic E-state index is 0.231. The van der Waals surface area contributed by atoms with Gasteiger partial charge < -0.3 is 15.2 Å². The number of rotatable bonds is 9. The van der Waals surface area contributed by atoms with E-state index in [1.807, 2.05) is 13.0 Å². The molecule has 106 valence electrons. The second-order valence-electron chi connectivity index (χ2n) is 4.53. The Bertz CT molecular complexity index is 404. The van der Waals surface area contributed by atoms with Gasteiger partial charge in [-0.1, -0.05) is 12.1 Å². The van der Waals surface area contributed by atoms with Gasteiger partial charge in [0.1, 0.15) is 5.75 Å². The van der Waals surface area contributed by atoms with Gasteiger partial charge in [-0.05, 0) is 57.0 Å². The van der Waals surface area contributed by atoms with Crippen LogP contribution < -0.4 is 10.1 Å². The minimum Gasteiger partial charge on any atom is -0.494 e. The summed E-state index contributed by atoms with van der Waals surface area (Å²) in [7, 11) is 0. The number of nitrogens with one attached hydrogen (secondary N) is 1. The van der Waals surface area contributed by atoms with Crippen molar-refractivity contribution in [1.82, 2.24) is 5.32 Å². The number of hydrogen-bond acceptors (Lipinski definition) is 3. The topological polar surface area (TPSA) is 58.6 Å². The molecule has 1 aromatic rings. The highest BCUT2D eigenvalue weighted by Crippen LogP contribution is 2.19. The van der Waals surface area contributed by atoms with E-state index in [9.17, 15) is 4.79 Å². The van der Waals surface area contributed by atoms with Crippen molar-refractivity contribution in [2.75, 3.05) is 19.7 Å². The summed E-state index contributed by atoms with van der Waals surface area (Å²) in [6, 6.07) is 6.24. The zero-order valence-corrected chi connectivity index (χ0v) is 11.7. The van der Waals surface area contributed by atoms with Gasteiger partial charge in [0, 0.05) is 6.42 Å². The summed E-state index contributed by atoms with van der Waals surface area (Å²) < 4.78 is 5.50. The molecular weight excluding hydrogens is 242 g/mol. The molecule has 0 saturated heterocycles. The number of hydrogen-bond donors (Lipinski definition) is 2. The number of carboxylic acid groups (broad SMARTS) is 1. The first kappa shape index (κ1) is 15.5. The van der Waals surface area contributed by atoms with E-state index < -0.39 is 5.97 Å². The van der Waals surface area contributed by atoms with Gasteiger partial charge in [-0.3, -0.25) is 4.79 Å². The van der Waals surface area contributed by atoms with E-state index in [0.29, 0.717) is 13.0 Å². The van der Waals surface area contributed by atoms with Crippen molar-refractivity contribution in [3.63, 3.8) is 0 Å². The monoisotopic (exact) mass is 265 g/mol. The highest BCUT2D eigenvalue weighted by molar-refractivity contribution is 5.66. The highest BCUT2D eigenvalue weighted by Gasteiger charge is 2.01. The number of aliphatic carboxylic acids is 1. The van der Waals surface area contributed by atoms with E-state index in [2.05, 4.69) is 24.4 Å². The molecule has 2 N–H and O–H groups in total. The van der Waals surface area contributed by atoms with Crippen molar-refractivity contribution < 1.29 is 14.6 Å². The first-order chi connectivity index (χ1) is 9.13. The average molecular weight is 265 g/mol. The van der Waals surface area contributed by atoms with Crippen molar-refractivity contribution in [2.45, 2.75) is 33.1 Å². The first-order valence-corrected chi connectivity index (χ1v) is 6.78. The molecule has 4 nitrogen and oxygen atoms in total. The predicted molar refractivity (Wildman–Crippen MR) is 75.8 cm³/mol. The van der Waals surface area contributed by atoms with Gasteiger partial charge >= 0.3 is 5.97 Å². The molecule has 0 heterocycles. The number of carboxylic acids is 1. The molecular formula is C15H23NO3. The molecule has 4 heteroatoms. The van der Waals surface area contributed by atoms with E-state index >= 15 is 0 Å². The maximum absolute atomic E-state index is 10.3. The zero-order valence-electron chi connectivity index (χ0n) is 11.7. The van der Waals surface area contributed by atoms with Gasteiger partial charge in [0.25, 0.3) is 0 Å². The lowest BCUT2D eigenvalue weighted by molar-refractivity contribution is -0.137. The molecule has 0 aliphatic heterocycles. The molecule has 0 aromatic heterocycles. The lowest BCUT2D eigenvalue weighted by Gasteiger charge is -2.09. The van der Waals surface area contributed by atoms with Gasteiger partial charge in [0.2, 0.25) is 0 Å². The normalized spacial score (nSPS) is 10.4. The lowest BCUT2D eigenvalue weighted by Crippen LogP contribution is -2.19. The van der Waals surface area contributed by atoms with Crippen LogP contribution in [0.1, 0.15) is 30.9 Å². The molecule has 0 amide bonds. The standard InChI is InChI=1S/C15H23NO3/c1-3-19-14-7-6-13(11-12(14)2)8-10-16-9-4-5-15(17)18/h6-7,11,16H,3-5,8-10H2,1-2H3,(H,17,18). The van der Waals surface area contributed by atoms with Crippen LogP contribution >= 0.6 is 0 Å². The minimum atomic E-state index is -0.732. The van der Waals surface area contributed by atoms with Gasteiger partial charge in [-0.25, -0.2) is 0 Å². The fourth-order valence-electron chi connectivity index (χ4n) is 1.91. The van der Waals surface area contributed by atoms with E-state index in [4.69, 9.17) is 9.84 Å². The predicted octanol–water partition coefficient (Wildman–Crippen LogP) is 2.39. The van der Waals surface area contributed by atoms with Crippen LogP contribution in [0.15, 0.2) is 18.2 Å². The SMILES string of the molecule is CCOc1ccc(CCNCCCC(=O)O)cc1C. The number of carbonyl (C=O) groups is 1. The van der Waals surface area contributed by atoms with Crippen molar-refractivity contribution in [1.29, 1.82) is 0 Å². The summed E-state index contributed by atoms with van der Waals surface area (Å²) in [5.74, 6) is 0.213. The summed E-state index contributed by atoms with van der Waals surface area (Å²) in [6.45, 7) is 6.34. The summed E-state index contributed by atoms with van der Waals surface area (Å²) >= 11 is 0. The van der Waals surface area contributed by atoms with Crippen LogP contribution in [0, 0.1) is 6.92 Å². The molecule has 0 saturated carbocycles. The Labute approximate surface area is 114 Å². The van der Waals surface area contributed by atoms with Crippen LogP contribution in [0.4, 0.5) is 0 Å². The molecule has 0 spiro atoms. The average Bonchev–Trinajstić information content (AvgIpc) is 2.36. The Morgan fingerprint density at radius 3 is 2.79 bits per heavy atom. The molecule has 0 aliphatic carbocycles. The van der Waals surface area contributed by atoms with Crippen LogP contribution in [-0.4, -0.2) is 30.8 Å². The highest BCUT2D eigenvalue weighted by atomic mass is 16.5. The molecule has 0 aliphatic rings. The summed E-state index contributed by atoms with van der Waals surface area (Å²) in [5, 5.41) is 11.8. The second-order valence-corrected chi connectivity index (χ2v) is 4.53. The number of benzene rings is 1. The maximum Gasteiger partial charge on any atom is 0.303 e. The molecule has 1 aromatic carbocycles. The Morgan fingerprint density at radius 1 is 1.37 bits per heavy atom. The Kier molecular flexibility index (Phi) is 6.97. The molecule has 0 bridgehead atoms. The summed E-state index contributed by atoms with van der Waals surface area (Å²) in [6.07, 6.45) is 1.85. The van der Waals surface area contributed by atoms with E-state index in [0.717, 1.165) is 30.8 Å². The quantitative estimate of drug-likeness (QED) is 0.673. The molecule has 0 unspecified atom stereocenters. The largest absolute Gasteiger partial charge is 0.494 e. The zero-order chi connectivity index (χ0) is 14.1. The maximum atomic E-state index is 10.3. The Hall–Kier alpha value is -1.55.